The van der Waals surface area contributed by atoms with Gasteiger partial charge in [-0.05, 0) is 44.9 Å². The van der Waals surface area contributed by atoms with Crippen molar-refractivity contribution in [2.75, 3.05) is 13.1 Å². The lowest BCUT2D eigenvalue weighted by molar-refractivity contribution is -0.132. The Morgan fingerprint density at radius 2 is 1.71 bits per heavy atom. The van der Waals surface area contributed by atoms with Gasteiger partial charge in [0.05, 0.1) is 0 Å². The van der Waals surface area contributed by atoms with Crippen LogP contribution in [0.1, 0.15) is 37.5 Å². The second-order valence-corrected chi connectivity index (χ2v) is 4.88. The van der Waals surface area contributed by atoms with E-state index in [1.165, 1.54) is 13.0 Å². The summed E-state index contributed by atoms with van der Waals surface area (Å²) in [7, 11) is 0. The summed E-state index contributed by atoms with van der Waals surface area (Å²) in [5, 5.41) is 0. The molecule has 1 rings (SSSR count). The number of ether oxygens (including phenoxy) is 1. The molecule has 21 heavy (non-hydrogen) atoms. The molecule has 114 valence electrons. The second kappa shape index (κ2) is 7.62. The van der Waals surface area contributed by atoms with Gasteiger partial charge >= 0.3 is 5.97 Å². The Morgan fingerprint density at radius 1 is 1.14 bits per heavy atom. The summed E-state index contributed by atoms with van der Waals surface area (Å²) in [6, 6.07) is 3.85. The van der Waals surface area contributed by atoms with E-state index >= 15 is 0 Å². The summed E-state index contributed by atoms with van der Waals surface area (Å²) in [5.41, 5.74) is 2.59. The number of esters is 1. The smallest absolute Gasteiger partial charge is 0.308 e. The van der Waals surface area contributed by atoms with Crippen molar-refractivity contribution in [3.8, 4) is 5.75 Å². The fraction of sp³-hybridized carbons (Fsp3) is 0.412. The van der Waals surface area contributed by atoms with Crippen LogP contribution < -0.4 is 4.74 Å². The second-order valence-electron chi connectivity index (χ2n) is 4.88. The maximum absolute atomic E-state index is 12.0. The van der Waals surface area contributed by atoms with Crippen LogP contribution in [0.15, 0.2) is 18.2 Å². The standard InChI is InChI=1S/C17H23NO3/c1-6-18(7-2)16(20)11-10-15-12(3)8-9-13(4)17(15)21-14(5)19/h8-11H,6-7H2,1-5H3/b11-10-. The van der Waals surface area contributed by atoms with Crippen LogP contribution in [0.3, 0.4) is 0 Å². The SMILES string of the molecule is CCN(CC)C(=O)/C=C\c1c(C)ccc(C)c1OC(C)=O. The molecule has 0 heterocycles. The molecule has 0 aliphatic rings. The van der Waals surface area contributed by atoms with Gasteiger partial charge in [-0.1, -0.05) is 12.1 Å². The van der Waals surface area contributed by atoms with Crippen molar-refractivity contribution < 1.29 is 14.3 Å². The molecule has 0 aliphatic heterocycles. The normalized spacial score (nSPS) is 10.7. The van der Waals surface area contributed by atoms with Crippen molar-refractivity contribution >= 4 is 18.0 Å². The van der Waals surface area contributed by atoms with Crippen molar-refractivity contribution in [3.63, 3.8) is 0 Å². The Hall–Kier alpha value is -2.10. The zero-order valence-corrected chi connectivity index (χ0v) is 13.4. The van der Waals surface area contributed by atoms with Gasteiger partial charge in [-0.2, -0.15) is 0 Å². The lowest BCUT2D eigenvalue weighted by Gasteiger charge is -2.16. The van der Waals surface area contributed by atoms with Gasteiger partial charge in [0.1, 0.15) is 5.75 Å². The van der Waals surface area contributed by atoms with E-state index in [0.29, 0.717) is 18.8 Å². The van der Waals surface area contributed by atoms with Gasteiger partial charge in [-0.25, -0.2) is 0 Å². The Balaban J connectivity index is 3.15. The Labute approximate surface area is 126 Å². The first-order valence-corrected chi connectivity index (χ1v) is 7.16. The van der Waals surface area contributed by atoms with E-state index in [2.05, 4.69) is 0 Å². The van der Waals surface area contributed by atoms with Crippen molar-refractivity contribution in [2.45, 2.75) is 34.6 Å². The first kappa shape index (κ1) is 17.0. The summed E-state index contributed by atoms with van der Waals surface area (Å²) < 4.78 is 5.29. The zero-order chi connectivity index (χ0) is 16.0. The first-order valence-electron chi connectivity index (χ1n) is 7.16. The molecule has 0 N–H and O–H groups in total. The molecule has 1 amide bonds. The van der Waals surface area contributed by atoms with Crippen LogP contribution in [-0.2, 0) is 9.59 Å². The van der Waals surface area contributed by atoms with Crippen LogP contribution in [0.2, 0.25) is 0 Å². The summed E-state index contributed by atoms with van der Waals surface area (Å²) in [4.78, 5) is 25.0. The number of amides is 1. The number of nitrogens with zero attached hydrogens (tertiary/aromatic N) is 1. The molecule has 0 saturated heterocycles. The van der Waals surface area contributed by atoms with Gasteiger partial charge in [0.25, 0.3) is 0 Å². The molecule has 1 aromatic carbocycles. The minimum atomic E-state index is -0.367. The van der Waals surface area contributed by atoms with E-state index in [9.17, 15) is 9.59 Å². The number of carbonyl (C=O) groups is 2. The molecule has 4 nitrogen and oxygen atoms in total. The van der Waals surface area contributed by atoms with Crippen molar-refractivity contribution in [3.05, 3.63) is 34.9 Å². The van der Waals surface area contributed by atoms with E-state index in [0.717, 1.165) is 16.7 Å². The zero-order valence-electron chi connectivity index (χ0n) is 13.4. The molecule has 0 spiro atoms. The van der Waals surface area contributed by atoms with Crippen LogP contribution >= 0.6 is 0 Å². The predicted octanol–water partition coefficient (Wildman–Crippen LogP) is 3.11. The number of rotatable bonds is 5. The molecule has 4 heteroatoms. The van der Waals surface area contributed by atoms with Gasteiger partial charge in [-0.3, -0.25) is 9.59 Å². The molecule has 0 atom stereocenters. The fourth-order valence-corrected chi connectivity index (χ4v) is 2.09. The van der Waals surface area contributed by atoms with Gasteiger partial charge < -0.3 is 9.64 Å². The number of hydrogen-bond acceptors (Lipinski definition) is 3. The number of carbonyl (C=O) groups excluding carboxylic acids is 2. The van der Waals surface area contributed by atoms with E-state index in [-0.39, 0.29) is 11.9 Å². The molecule has 0 bridgehead atoms. The maximum Gasteiger partial charge on any atom is 0.308 e. The highest BCUT2D eigenvalue weighted by molar-refractivity contribution is 5.92. The molecular weight excluding hydrogens is 266 g/mol. The highest BCUT2D eigenvalue weighted by Gasteiger charge is 2.11. The van der Waals surface area contributed by atoms with Crippen LogP contribution in [0, 0.1) is 13.8 Å². The molecule has 0 saturated carbocycles. The van der Waals surface area contributed by atoms with Crippen LogP contribution in [0.5, 0.6) is 5.75 Å². The van der Waals surface area contributed by atoms with Gasteiger partial charge in [0.15, 0.2) is 0 Å². The Morgan fingerprint density at radius 3 is 2.24 bits per heavy atom. The van der Waals surface area contributed by atoms with Gasteiger partial charge in [0, 0.05) is 31.7 Å². The highest BCUT2D eigenvalue weighted by Crippen LogP contribution is 2.28. The molecule has 0 radical (unpaired) electrons. The summed E-state index contributed by atoms with van der Waals surface area (Å²) in [6.07, 6.45) is 3.25. The molecule has 0 fully saturated rings. The molecule has 0 aliphatic carbocycles. The molecular formula is C17H23NO3. The Bertz CT molecular complexity index is 557. The number of benzene rings is 1. The quantitative estimate of drug-likeness (QED) is 0.475. The minimum Gasteiger partial charge on any atom is -0.426 e. The third kappa shape index (κ3) is 4.45. The maximum atomic E-state index is 12.0. The number of hydrogen-bond donors (Lipinski definition) is 0. The van der Waals surface area contributed by atoms with Gasteiger partial charge in [-0.15, -0.1) is 0 Å². The van der Waals surface area contributed by atoms with E-state index in [1.54, 1.807) is 11.0 Å². The van der Waals surface area contributed by atoms with Crippen LogP contribution in [-0.4, -0.2) is 29.9 Å². The van der Waals surface area contributed by atoms with Crippen LogP contribution in [0.4, 0.5) is 0 Å². The third-order valence-electron chi connectivity index (χ3n) is 3.32. The van der Waals surface area contributed by atoms with Crippen molar-refractivity contribution in [1.82, 2.24) is 4.90 Å². The van der Waals surface area contributed by atoms with E-state index < -0.39 is 0 Å². The minimum absolute atomic E-state index is 0.0466. The van der Waals surface area contributed by atoms with Crippen LogP contribution in [0.25, 0.3) is 6.08 Å². The number of aryl methyl sites for hydroxylation is 2. The summed E-state index contributed by atoms with van der Waals surface area (Å²) >= 11 is 0. The van der Waals surface area contributed by atoms with E-state index in [4.69, 9.17) is 4.74 Å². The molecule has 0 unspecified atom stereocenters. The monoisotopic (exact) mass is 289 g/mol. The fourth-order valence-electron chi connectivity index (χ4n) is 2.09. The topological polar surface area (TPSA) is 46.6 Å². The van der Waals surface area contributed by atoms with Crippen molar-refractivity contribution in [1.29, 1.82) is 0 Å². The van der Waals surface area contributed by atoms with E-state index in [1.807, 2.05) is 39.8 Å². The lowest BCUT2D eigenvalue weighted by Crippen LogP contribution is -2.28. The molecule has 1 aromatic rings. The molecule has 0 aromatic heterocycles. The first-order chi connectivity index (χ1) is 9.90. The Kier molecular flexibility index (Phi) is 6.15. The highest BCUT2D eigenvalue weighted by atomic mass is 16.5. The summed E-state index contributed by atoms with van der Waals surface area (Å²) in [5.74, 6) is 0.106. The lowest BCUT2D eigenvalue weighted by atomic mass is 10.0. The largest absolute Gasteiger partial charge is 0.426 e. The summed E-state index contributed by atoms with van der Waals surface area (Å²) in [6.45, 7) is 10.4. The van der Waals surface area contributed by atoms with Gasteiger partial charge in [0.2, 0.25) is 5.91 Å². The predicted molar refractivity (Wildman–Crippen MR) is 84.2 cm³/mol. The number of likely N-dealkylation sites (N-methyl/N-ethyl adjacent to an activating group) is 1. The average molecular weight is 289 g/mol. The average Bonchev–Trinajstić information content (AvgIpc) is 2.43. The third-order valence-corrected chi connectivity index (χ3v) is 3.32. The van der Waals surface area contributed by atoms with Crippen molar-refractivity contribution in [2.24, 2.45) is 0 Å².